The van der Waals surface area contributed by atoms with Crippen molar-refractivity contribution in [2.75, 3.05) is 6.54 Å². The van der Waals surface area contributed by atoms with Gasteiger partial charge in [-0.15, -0.1) is 12.4 Å². The summed E-state index contributed by atoms with van der Waals surface area (Å²) in [5, 5.41) is 0. The van der Waals surface area contributed by atoms with E-state index in [1.54, 1.807) is 0 Å². The van der Waals surface area contributed by atoms with Crippen molar-refractivity contribution in [3.8, 4) is 0 Å². The molecule has 0 aliphatic heterocycles. The number of halogens is 1. The number of hydrogen-bond acceptors (Lipinski definition) is 1. The summed E-state index contributed by atoms with van der Waals surface area (Å²) in [4.78, 5) is 0. The molecule has 42 valence electrons. The van der Waals surface area contributed by atoms with Gasteiger partial charge in [0, 0.05) is 0 Å². The molecular formula is C4H11BClN. The fraction of sp³-hybridized carbons (Fsp3) is 1.00. The smallest absolute Gasteiger partial charge is 0.0653 e. The topological polar surface area (TPSA) is 26.0 Å². The Bertz CT molecular complexity index is 23.7. The highest BCUT2D eigenvalue weighted by Gasteiger charge is 1.75. The first kappa shape index (κ1) is 10.3. The molecule has 0 aromatic rings. The molecule has 2 N–H and O–H groups in total. The molecule has 0 saturated heterocycles. The van der Waals surface area contributed by atoms with Crippen LogP contribution in [0.3, 0.4) is 0 Å². The van der Waals surface area contributed by atoms with Crippen molar-refractivity contribution >= 4 is 20.3 Å². The lowest BCUT2D eigenvalue weighted by molar-refractivity contribution is 0.806. The molecule has 3 heteroatoms. The summed E-state index contributed by atoms with van der Waals surface area (Å²) < 4.78 is 0. The van der Waals surface area contributed by atoms with Gasteiger partial charge in [0.15, 0.2) is 0 Å². The average Bonchev–Trinajstić information content (AvgIpc) is 1.61. The first-order valence-electron chi connectivity index (χ1n) is 2.32. The number of hydrogen-bond donors (Lipinski definition) is 1. The Morgan fingerprint density at radius 1 is 1.29 bits per heavy atom. The average molecular weight is 119 g/mol. The second-order valence-electron chi connectivity index (χ2n) is 1.28. The van der Waals surface area contributed by atoms with Gasteiger partial charge in [-0.2, -0.15) is 0 Å². The minimum absolute atomic E-state index is 0. The van der Waals surface area contributed by atoms with Crippen LogP contribution in [0.15, 0.2) is 0 Å². The molecular weight excluding hydrogens is 108 g/mol. The van der Waals surface area contributed by atoms with Gasteiger partial charge in [-0.1, -0.05) is 12.7 Å². The van der Waals surface area contributed by atoms with Crippen molar-refractivity contribution < 1.29 is 0 Å². The van der Waals surface area contributed by atoms with Crippen molar-refractivity contribution in [1.29, 1.82) is 0 Å². The van der Waals surface area contributed by atoms with Crippen LogP contribution in [0.5, 0.6) is 0 Å². The molecule has 0 spiro atoms. The quantitative estimate of drug-likeness (QED) is 0.430. The summed E-state index contributed by atoms with van der Waals surface area (Å²) >= 11 is 0. The minimum atomic E-state index is 0. The maximum Gasteiger partial charge on any atom is 0.0653 e. The third-order valence-corrected chi connectivity index (χ3v) is 0.658. The summed E-state index contributed by atoms with van der Waals surface area (Å²) in [5.41, 5.74) is 5.16. The summed E-state index contributed by atoms with van der Waals surface area (Å²) in [6.07, 6.45) is 2.91. The maximum atomic E-state index is 5.16. The van der Waals surface area contributed by atoms with E-state index in [2.05, 4.69) is 0 Å². The van der Waals surface area contributed by atoms with Crippen molar-refractivity contribution in [3.05, 3.63) is 0 Å². The van der Waals surface area contributed by atoms with Gasteiger partial charge in [0.1, 0.15) is 0 Å². The lowest BCUT2D eigenvalue weighted by Crippen LogP contribution is -1.96. The minimum Gasteiger partial charge on any atom is -0.330 e. The Morgan fingerprint density at radius 3 is 2.00 bits per heavy atom. The van der Waals surface area contributed by atoms with Crippen molar-refractivity contribution in [2.24, 2.45) is 5.73 Å². The van der Waals surface area contributed by atoms with E-state index in [1.807, 2.05) is 0 Å². The molecule has 0 bridgehead atoms. The van der Waals surface area contributed by atoms with E-state index in [0.717, 1.165) is 25.7 Å². The third-order valence-electron chi connectivity index (χ3n) is 0.658. The normalized spacial score (nSPS) is 7.57. The molecule has 0 aliphatic carbocycles. The zero-order valence-corrected chi connectivity index (χ0v) is 5.21. The molecule has 0 atom stereocenters. The van der Waals surface area contributed by atoms with Crippen LogP contribution in [-0.2, 0) is 0 Å². The van der Waals surface area contributed by atoms with Gasteiger partial charge in [-0.05, 0) is 13.0 Å². The molecule has 0 rings (SSSR count). The van der Waals surface area contributed by atoms with Crippen LogP contribution in [0.1, 0.15) is 12.8 Å². The lowest BCUT2D eigenvalue weighted by atomic mass is 10.0. The number of rotatable bonds is 3. The molecule has 1 nitrogen and oxygen atoms in total. The molecule has 0 aromatic carbocycles. The standard InChI is InChI=1S/C4H10BN.ClH/c5-3-1-2-4-6;/h1-4,6H2;1H. The second-order valence-corrected chi connectivity index (χ2v) is 1.28. The second kappa shape index (κ2) is 9.58. The Kier molecular flexibility index (Phi) is 14.1. The molecule has 7 heavy (non-hydrogen) atoms. The van der Waals surface area contributed by atoms with E-state index in [-0.39, 0.29) is 12.4 Å². The highest BCUT2D eigenvalue weighted by molar-refractivity contribution is 6.08. The van der Waals surface area contributed by atoms with Gasteiger partial charge in [0.25, 0.3) is 0 Å². The SMILES string of the molecule is Cl.[B]CCCCN. The first-order valence-corrected chi connectivity index (χ1v) is 2.32. The monoisotopic (exact) mass is 119 g/mol. The van der Waals surface area contributed by atoms with Crippen molar-refractivity contribution in [1.82, 2.24) is 0 Å². The summed E-state index contributed by atoms with van der Waals surface area (Å²) in [7, 11) is 5.16. The molecule has 0 fully saturated rings. The van der Waals surface area contributed by atoms with E-state index in [9.17, 15) is 0 Å². The van der Waals surface area contributed by atoms with Gasteiger partial charge in [-0.3, -0.25) is 0 Å². The van der Waals surface area contributed by atoms with Gasteiger partial charge < -0.3 is 5.73 Å². The van der Waals surface area contributed by atoms with E-state index in [0.29, 0.717) is 0 Å². The molecule has 0 aliphatic rings. The van der Waals surface area contributed by atoms with E-state index in [4.69, 9.17) is 13.6 Å². The predicted molar refractivity (Wildman–Crippen MR) is 36.1 cm³/mol. The number of unbranched alkanes of at least 4 members (excludes halogenated alkanes) is 1. The highest BCUT2D eigenvalue weighted by atomic mass is 35.5. The summed E-state index contributed by atoms with van der Waals surface area (Å²) in [5.74, 6) is 0. The van der Waals surface area contributed by atoms with E-state index < -0.39 is 0 Å². The van der Waals surface area contributed by atoms with Crippen molar-refractivity contribution in [2.45, 2.75) is 19.2 Å². The van der Waals surface area contributed by atoms with Crippen molar-refractivity contribution in [3.63, 3.8) is 0 Å². The summed E-state index contributed by atoms with van der Waals surface area (Å²) in [6, 6.07) is 0. The fourth-order valence-electron chi connectivity index (χ4n) is 0.289. The van der Waals surface area contributed by atoms with Gasteiger partial charge in [0.2, 0.25) is 0 Å². The Labute approximate surface area is 52.5 Å². The Hall–Kier alpha value is 0.315. The van der Waals surface area contributed by atoms with E-state index >= 15 is 0 Å². The van der Waals surface area contributed by atoms with Gasteiger partial charge >= 0.3 is 0 Å². The van der Waals surface area contributed by atoms with Crippen LogP contribution >= 0.6 is 12.4 Å². The van der Waals surface area contributed by atoms with Crippen LogP contribution in [0.4, 0.5) is 0 Å². The predicted octanol–water partition coefficient (Wildman–Crippen LogP) is 0.734. The van der Waals surface area contributed by atoms with Crippen LogP contribution in [0.25, 0.3) is 0 Å². The molecule has 0 amide bonds. The first-order chi connectivity index (χ1) is 2.91. The maximum absolute atomic E-state index is 5.16. The Morgan fingerprint density at radius 2 is 1.86 bits per heavy atom. The van der Waals surface area contributed by atoms with Crippen LogP contribution in [0.2, 0.25) is 6.32 Å². The van der Waals surface area contributed by atoms with Crippen LogP contribution < -0.4 is 5.73 Å². The zero-order valence-electron chi connectivity index (χ0n) is 4.39. The Balaban J connectivity index is 0. The highest BCUT2D eigenvalue weighted by Crippen LogP contribution is 1.86. The number of nitrogens with two attached hydrogens (primary N) is 1. The molecule has 0 unspecified atom stereocenters. The lowest BCUT2D eigenvalue weighted by Gasteiger charge is -1.86. The molecule has 2 radical (unpaired) electrons. The third kappa shape index (κ3) is 10.7. The fourth-order valence-corrected chi connectivity index (χ4v) is 0.289. The largest absolute Gasteiger partial charge is 0.330 e. The molecule has 0 saturated carbocycles. The van der Waals surface area contributed by atoms with Gasteiger partial charge in [0.05, 0.1) is 7.85 Å². The van der Waals surface area contributed by atoms with Crippen LogP contribution in [-0.4, -0.2) is 14.4 Å². The van der Waals surface area contributed by atoms with E-state index in [1.165, 1.54) is 0 Å². The molecule has 0 aromatic heterocycles. The molecule has 0 heterocycles. The van der Waals surface area contributed by atoms with Crippen LogP contribution in [0, 0.1) is 0 Å². The zero-order chi connectivity index (χ0) is 4.83. The van der Waals surface area contributed by atoms with Gasteiger partial charge in [-0.25, -0.2) is 0 Å². The summed E-state index contributed by atoms with van der Waals surface area (Å²) in [6.45, 7) is 0.775.